The minimum Gasteiger partial charge on any atom is -0.488 e. The molecule has 11 heteroatoms. The van der Waals surface area contributed by atoms with E-state index in [-0.39, 0.29) is 50.4 Å². The van der Waals surface area contributed by atoms with Gasteiger partial charge in [-0.2, -0.15) is 0 Å². The molecule has 0 heterocycles. The molecule has 0 aliphatic heterocycles. The molecule has 10 nitrogen and oxygen atoms in total. The maximum atomic E-state index is 15.4. The third-order valence-corrected chi connectivity index (χ3v) is 16.4. The van der Waals surface area contributed by atoms with Gasteiger partial charge >= 0.3 is 12.1 Å². The summed E-state index contributed by atoms with van der Waals surface area (Å²) >= 11 is 1.48. The summed E-state index contributed by atoms with van der Waals surface area (Å²) in [6, 6.07) is 69.7. The number of carboxylic acid groups (broad SMARTS) is 1. The highest BCUT2D eigenvalue weighted by Gasteiger charge is 2.40. The first-order chi connectivity index (χ1) is 39.2. The van der Waals surface area contributed by atoms with Crippen molar-refractivity contribution in [3.05, 3.63) is 269 Å². The average molecular weight is 1100 g/mol. The van der Waals surface area contributed by atoms with E-state index in [2.05, 4.69) is 22.8 Å². The number of thioether (sulfide) groups is 1. The second kappa shape index (κ2) is 26.6. The Kier molecular flexibility index (Phi) is 18.8. The van der Waals surface area contributed by atoms with Crippen LogP contribution in [0.5, 0.6) is 5.75 Å². The third kappa shape index (κ3) is 14.6. The van der Waals surface area contributed by atoms with Crippen LogP contribution in [-0.2, 0) is 47.9 Å². The van der Waals surface area contributed by atoms with Crippen LogP contribution in [0.2, 0.25) is 0 Å². The molecule has 8 aromatic carbocycles. The van der Waals surface area contributed by atoms with Gasteiger partial charge < -0.3 is 25.2 Å². The Morgan fingerprint density at radius 3 is 1.41 bits per heavy atom. The molecule has 8 aromatic rings. The number of ether oxygens (including phenoxy) is 2. The van der Waals surface area contributed by atoms with E-state index in [1.807, 2.05) is 221 Å². The van der Waals surface area contributed by atoms with Crippen molar-refractivity contribution in [1.82, 2.24) is 10.6 Å². The lowest BCUT2D eigenvalue weighted by atomic mass is 9.84. The molecule has 3 N–H and O–H groups in total. The Balaban J connectivity index is 1.02. The maximum Gasteiger partial charge on any atom is 0.407 e. The number of Topliss-reactive ketones (excluding diaryl/α,β-unsaturated/α-hetero) is 2. The summed E-state index contributed by atoms with van der Waals surface area (Å²) in [5.41, 5.74) is 8.94. The Labute approximate surface area is 479 Å². The minimum atomic E-state index is -1.21. The fourth-order valence-corrected chi connectivity index (χ4v) is 12.5. The Morgan fingerprint density at radius 2 is 0.914 bits per heavy atom. The normalized spacial score (nSPS) is 13.6. The zero-order valence-electron chi connectivity index (χ0n) is 45.9. The van der Waals surface area contributed by atoms with Gasteiger partial charge in [0.1, 0.15) is 18.0 Å². The Morgan fingerprint density at radius 1 is 0.494 bits per heavy atom. The second-order valence-electron chi connectivity index (χ2n) is 21.7. The first kappa shape index (κ1) is 57.2. The monoisotopic (exact) mass is 1100 g/mol. The molecular formula is C70H68N2O8S. The molecule has 9 rings (SSSR count). The van der Waals surface area contributed by atoms with Gasteiger partial charge in [-0.15, -0.1) is 11.8 Å². The molecule has 0 saturated carbocycles. The Hall–Kier alpha value is -8.54. The first-order valence-electron chi connectivity index (χ1n) is 27.6. The number of fused-ring (bicyclic) bond motifs is 3. The molecule has 81 heavy (non-hydrogen) atoms. The number of rotatable bonds is 25. The lowest BCUT2D eigenvalue weighted by molar-refractivity contribution is -0.144. The molecule has 0 saturated heterocycles. The van der Waals surface area contributed by atoms with Crippen molar-refractivity contribution >= 4 is 41.3 Å². The van der Waals surface area contributed by atoms with Crippen molar-refractivity contribution in [2.24, 2.45) is 11.8 Å². The van der Waals surface area contributed by atoms with Gasteiger partial charge in [-0.25, -0.2) is 4.79 Å². The summed E-state index contributed by atoms with van der Waals surface area (Å²) in [5.74, 6) is -4.28. The van der Waals surface area contributed by atoms with Gasteiger partial charge in [-0.05, 0) is 108 Å². The number of amides is 2. The molecule has 0 unspecified atom stereocenters. The maximum absolute atomic E-state index is 15.4. The van der Waals surface area contributed by atoms with Crippen LogP contribution >= 0.6 is 11.8 Å². The van der Waals surface area contributed by atoms with Crippen LogP contribution in [0.3, 0.4) is 0 Å². The number of alkyl carbamates (subject to hydrolysis) is 1. The summed E-state index contributed by atoms with van der Waals surface area (Å²) in [4.78, 5) is 72.7. The molecule has 412 valence electrons. The van der Waals surface area contributed by atoms with Crippen LogP contribution in [0, 0.1) is 11.8 Å². The van der Waals surface area contributed by atoms with Crippen molar-refractivity contribution in [2.75, 3.05) is 12.4 Å². The number of hydrogen-bond donors (Lipinski definition) is 3. The standard InChI is InChI=1S/C70H68N2O8S/c1-69(2,3)80-56-39-37-50(38-40-56)42-52(67(76)77)45-65(74)63(47-81-70(53-27-13-6-14-28-53,54-29-15-7-16-30-54)55-31-17-8-18-32-55)71-66(75)51(41-48-23-9-4-10-24-48)44-64(73)62(43-49-25-11-5-12-26-49)72-68(78)79-46-61-59-35-21-19-33-57(59)58-34-20-22-36-60(58)61/h4-40,51-52,61-63H,41-47H2,1-3H3,(H,71,75)(H,72,78)(H,76,77)/t51-,52-,62+,63+/m1/s1. The summed E-state index contributed by atoms with van der Waals surface area (Å²) in [5, 5.41) is 16.8. The molecule has 0 aromatic heterocycles. The summed E-state index contributed by atoms with van der Waals surface area (Å²) < 4.78 is 11.1. The number of hydrogen-bond acceptors (Lipinski definition) is 8. The summed E-state index contributed by atoms with van der Waals surface area (Å²) in [7, 11) is 0. The van der Waals surface area contributed by atoms with Crippen LogP contribution in [0.4, 0.5) is 4.79 Å². The van der Waals surface area contributed by atoms with Gasteiger partial charge in [0.05, 0.1) is 22.7 Å². The van der Waals surface area contributed by atoms with E-state index >= 15 is 14.4 Å². The van der Waals surface area contributed by atoms with Crippen LogP contribution in [-0.4, -0.2) is 64.7 Å². The summed E-state index contributed by atoms with van der Waals surface area (Å²) in [6.45, 7) is 5.88. The molecule has 1 aliphatic carbocycles. The fraction of sp³-hybridized carbons (Fsp3) is 0.243. The van der Waals surface area contributed by atoms with Gasteiger partial charge in [0.25, 0.3) is 0 Å². The van der Waals surface area contributed by atoms with E-state index < -0.39 is 63.8 Å². The van der Waals surface area contributed by atoms with E-state index in [4.69, 9.17) is 9.47 Å². The molecule has 4 atom stereocenters. The quantitative estimate of drug-likeness (QED) is 0.0476. The molecule has 1 aliphatic rings. The molecule has 0 bridgehead atoms. The van der Waals surface area contributed by atoms with E-state index in [1.54, 1.807) is 12.1 Å². The average Bonchev–Trinajstić information content (AvgIpc) is 4.06. The molecule has 0 spiro atoms. The smallest absolute Gasteiger partial charge is 0.407 e. The lowest BCUT2D eigenvalue weighted by Gasteiger charge is -2.36. The van der Waals surface area contributed by atoms with Crippen molar-refractivity contribution in [3.63, 3.8) is 0 Å². The molecular weight excluding hydrogens is 1030 g/mol. The minimum absolute atomic E-state index is 0.0282. The largest absolute Gasteiger partial charge is 0.488 e. The zero-order chi connectivity index (χ0) is 56.8. The van der Waals surface area contributed by atoms with E-state index in [0.717, 1.165) is 50.1 Å². The molecule has 0 fully saturated rings. The van der Waals surface area contributed by atoms with Crippen molar-refractivity contribution in [2.45, 2.75) is 81.2 Å². The molecule has 2 amide bonds. The van der Waals surface area contributed by atoms with Gasteiger partial charge in [0.2, 0.25) is 5.91 Å². The van der Waals surface area contributed by atoms with Crippen LogP contribution in [0.15, 0.2) is 224 Å². The van der Waals surface area contributed by atoms with E-state index in [1.165, 1.54) is 11.8 Å². The predicted octanol–water partition coefficient (Wildman–Crippen LogP) is 13.2. The SMILES string of the molecule is CC(C)(C)Oc1ccc(C[C@H](CC(=O)[C@H](CSC(c2ccccc2)(c2ccccc2)c2ccccc2)NC(=O)[C@@H](CC(=O)[C@H](Cc2ccccc2)NC(=O)OCC2c3ccccc3-c3ccccc32)Cc2ccccc2)C(=O)O)cc1. The Bertz CT molecular complexity index is 3250. The highest BCUT2D eigenvalue weighted by molar-refractivity contribution is 8.00. The van der Waals surface area contributed by atoms with Gasteiger partial charge in [-0.3, -0.25) is 19.2 Å². The fourth-order valence-electron chi connectivity index (χ4n) is 10.9. The van der Waals surface area contributed by atoms with Crippen LogP contribution in [0.25, 0.3) is 11.1 Å². The lowest BCUT2D eigenvalue weighted by Crippen LogP contribution is -2.49. The first-order valence-corrected chi connectivity index (χ1v) is 28.6. The second-order valence-corrected chi connectivity index (χ2v) is 22.9. The highest BCUT2D eigenvalue weighted by atomic mass is 32.2. The summed E-state index contributed by atoms with van der Waals surface area (Å²) in [6.07, 6.45) is -1.14. The number of carbonyl (C=O) groups is 5. The number of ketones is 2. The van der Waals surface area contributed by atoms with Gasteiger partial charge in [-0.1, -0.05) is 212 Å². The van der Waals surface area contributed by atoms with Crippen LogP contribution in [0.1, 0.15) is 84.0 Å². The topological polar surface area (TPSA) is 148 Å². The highest BCUT2D eigenvalue weighted by Crippen LogP contribution is 2.49. The number of nitrogens with one attached hydrogen (secondary N) is 2. The van der Waals surface area contributed by atoms with E-state index in [9.17, 15) is 14.7 Å². The van der Waals surface area contributed by atoms with Crippen molar-refractivity contribution in [1.29, 1.82) is 0 Å². The number of benzene rings is 8. The van der Waals surface area contributed by atoms with Gasteiger partial charge in [0.15, 0.2) is 11.6 Å². The van der Waals surface area contributed by atoms with Crippen molar-refractivity contribution in [3.8, 4) is 16.9 Å². The van der Waals surface area contributed by atoms with Gasteiger partial charge in [0, 0.05) is 30.4 Å². The van der Waals surface area contributed by atoms with Crippen molar-refractivity contribution < 1.29 is 38.6 Å². The predicted molar refractivity (Wildman–Crippen MR) is 320 cm³/mol. The third-order valence-electron chi connectivity index (χ3n) is 14.8. The molecule has 0 radical (unpaired) electrons. The number of carbonyl (C=O) groups excluding carboxylic acids is 4. The number of carboxylic acids is 1. The van der Waals surface area contributed by atoms with E-state index in [0.29, 0.717) is 11.3 Å². The number of aliphatic carboxylic acids is 1. The zero-order valence-corrected chi connectivity index (χ0v) is 46.7. The van der Waals surface area contributed by atoms with Crippen LogP contribution < -0.4 is 15.4 Å².